The van der Waals surface area contributed by atoms with E-state index in [1.165, 1.54) is 35.2 Å². The van der Waals surface area contributed by atoms with E-state index in [1.54, 1.807) is 6.08 Å². The number of allylic oxidation sites excluding steroid dienone is 1. The predicted molar refractivity (Wildman–Crippen MR) is 130 cm³/mol. The minimum atomic E-state index is -1.05. The second-order valence-corrected chi connectivity index (χ2v) is 8.32. The van der Waals surface area contributed by atoms with Crippen LogP contribution in [0.4, 0.5) is 4.39 Å². The number of hydrogen-bond acceptors (Lipinski definition) is 6. The van der Waals surface area contributed by atoms with Crippen molar-refractivity contribution in [2.75, 3.05) is 25.3 Å². The molecular formula is C25H29FN4O6. The van der Waals surface area contributed by atoms with E-state index in [0.717, 1.165) is 10.9 Å². The number of carbonyl (C=O) groups is 3. The molecule has 0 aliphatic carbocycles. The van der Waals surface area contributed by atoms with Gasteiger partial charge in [0.2, 0.25) is 11.3 Å². The standard InChI is InChI=1S/C25H29FN4O6/c1-4-6-7-8-20(31)30-15-28(3)25(35)21-23(33)22(32)18(14-29(21)30)24(34)27-13-16-9-10-17(26)12-19(16)36-11-5-2/h4,9-10,12,14,33H,1,5-8,11,13,15H2,2-3H3,(H,27,34). The minimum absolute atomic E-state index is 0.0913. The molecule has 0 unspecified atom stereocenters. The summed E-state index contributed by atoms with van der Waals surface area (Å²) in [4.78, 5) is 52.5. The number of unbranched alkanes of at least 4 members (excludes halogenated alkanes) is 1. The van der Waals surface area contributed by atoms with Gasteiger partial charge in [-0.2, -0.15) is 0 Å². The Bertz CT molecular complexity index is 1240. The molecule has 1 aliphatic heterocycles. The summed E-state index contributed by atoms with van der Waals surface area (Å²) < 4.78 is 20.2. The zero-order chi connectivity index (χ0) is 26.4. The topological polar surface area (TPSA) is 121 Å². The number of halogens is 1. The second kappa shape index (κ2) is 11.5. The molecule has 2 aromatic rings. The summed E-state index contributed by atoms with van der Waals surface area (Å²) in [5, 5.41) is 14.3. The first-order chi connectivity index (χ1) is 17.2. The first kappa shape index (κ1) is 26.5. The highest BCUT2D eigenvalue weighted by Gasteiger charge is 2.35. The minimum Gasteiger partial charge on any atom is -0.502 e. The van der Waals surface area contributed by atoms with Gasteiger partial charge in [0.15, 0.2) is 11.4 Å². The van der Waals surface area contributed by atoms with Crippen molar-refractivity contribution < 1.29 is 28.6 Å². The molecule has 1 aliphatic rings. The van der Waals surface area contributed by atoms with Crippen LogP contribution < -0.4 is 20.5 Å². The second-order valence-electron chi connectivity index (χ2n) is 8.32. The Morgan fingerprint density at radius 3 is 2.75 bits per heavy atom. The van der Waals surface area contributed by atoms with Crippen molar-refractivity contribution in [3.05, 3.63) is 69.9 Å². The summed E-state index contributed by atoms with van der Waals surface area (Å²) in [7, 11) is 1.43. The van der Waals surface area contributed by atoms with Gasteiger partial charge in [0.1, 0.15) is 23.8 Å². The normalized spacial score (nSPS) is 12.8. The molecule has 1 aromatic carbocycles. The van der Waals surface area contributed by atoms with Crippen molar-refractivity contribution in [3.63, 3.8) is 0 Å². The highest BCUT2D eigenvalue weighted by Crippen LogP contribution is 2.23. The Morgan fingerprint density at radius 2 is 2.06 bits per heavy atom. The van der Waals surface area contributed by atoms with E-state index in [2.05, 4.69) is 11.9 Å². The maximum absolute atomic E-state index is 13.6. The number of benzene rings is 1. The van der Waals surface area contributed by atoms with Gasteiger partial charge in [0, 0.05) is 37.8 Å². The molecule has 0 saturated heterocycles. The molecule has 3 amide bonds. The quantitative estimate of drug-likeness (QED) is 0.381. The number of amides is 3. The number of pyridine rings is 1. The van der Waals surface area contributed by atoms with Gasteiger partial charge in [-0.15, -0.1) is 6.58 Å². The molecule has 10 nitrogen and oxygen atoms in total. The van der Waals surface area contributed by atoms with Crippen molar-refractivity contribution in [1.82, 2.24) is 14.9 Å². The zero-order valence-electron chi connectivity index (χ0n) is 20.3. The van der Waals surface area contributed by atoms with Gasteiger partial charge in [-0.3, -0.25) is 19.2 Å². The molecule has 2 N–H and O–H groups in total. The molecule has 0 saturated carbocycles. The number of fused-ring (bicyclic) bond motifs is 1. The number of nitrogens with zero attached hydrogens (tertiary/aromatic N) is 3. The predicted octanol–water partition coefficient (Wildman–Crippen LogP) is 2.28. The highest BCUT2D eigenvalue weighted by atomic mass is 19.1. The number of nitrogens with one attached hydrogen (secondary N) is 1. The van der Waals surface area contributed by atoms with E-state index in [1.807, 2.05) is 6.92 Å². The van der Waals surface area contributed by atoms with Gasteiger partial charge in [0.25, 0.3) is 11.8 Å². The number of aromatic nitrogens is 1. The van der Waals surface area contributed by atoms with E-state index in [9.17, 15) is 28.7 Å². The lowest BCUT2D eigenvalue weighted by Crippen LogP contribution is -2.55. The first-order valence-corrected chi connectivity index (χ1v) is 11.5. The third-order valence-electron chi connectivity index (χ3n) is 5.58. The van der Waals surface area contributed by atoms with Crippen molar-refractivity contribution >= 4 is 17.7 Å². The van der Waals surface area contributed by atoms with Crippen LogP contribution in [0.5, 0.6) is 11.5 Å². The highest BCUT2D eigenvalue weighted by molar-refractivity contribution is 6.01. The lowest BCUT2D eigenvalue weighted by molar-refractivity contribution is -0.120. The number of hydrogen-bond donors (Lipinski definition) is 2. The molecule has 0 bridgehead atoms. The molecule has 192 valence electrons. The summed E-state index contributed by atoms with van der Waals surface area (Å²) >= 11 is 0. The number of rotatable bonds is 10. The lowest BCUT2D eigenvalue weighted by atomic mass is 10.1. The van der Waals surface area contributed by atoms with Crippen molar-refractivity contribution in [2.24, 2.45) is 0 Å². The van der Waals surface area contributed by atoms with E-state index in [4.69, 9.17) is 4.74 Å². The summed E-state index contributed by atoms with van der Waals surface area (Å²) in [5.74, 6) is -3.06. The van der Waals surface area contributed by atoms with E-state index >= 15 is 0 Å². The molecule has 1 aromatic heterocycles. The fraction of sp³-hybridized carbons (Fsp3) is 0.360. The van der Waals surface area contributed by atoms with Crippen LogP contribution in [-0.2, 0) is 11.3 Å². The number of aromatic hydroxyl groups is 1. The first-order valence-electron chi connectivity index (χ1n) is 11.5. The maximum Gasteiger partial charge on any atom is 0.277 e. The Hall–Kier alpha value is -4.15. The van der Waals surface area contributed by atoms with Crippen LogP contribution in [0.25, 0.3) is 0 Å². The lowest BCUT2D eigenvalue weighted by Gasteiger charge is -2.36. The molecule has 0 spiro atoms. The molecule has 36 heavy (non-hydrogen) atoms. The van der Waals surface area contributed by atoms with Crippen molar-refractivity contribution in [1.29, 1.82) is 0 Å². The van der Waals surface area contributed by atoms with Crippen LogP contribution in [0.2, 0.25) is 0 Å². The van der Waals surface area contributed by atoms with Gasteiger partial charge in [-0.25, -0.2) is 14.1 Å². The summed E-state index contributed by atoms with van der Waals surface area (Å²) in [5.41, 5.74) is -1.44. The van der Waals surface area contributed by atoms with Crippen LogP contribution in [0.3, 0.4) is 0 Å². The van der Waals surface area contributed by atoms with Crippen LogP contribution in [0, 0.1) is 5.82 Å². The molecule has 11 heteroatoms. The average Bonchev–Trinajstić information content (AvgIpc) is 2.85. The Labute approximate surface area is 207 Å². The Morgan fingerprint density at radius 1 is 1.31 bits per heavy atom. The molecule has 3 rings (SSSR count). The Kier molecular flexibility index (Phi) is 8.46. The van der Waals surface area contributed by atoms with Crippen molar-refractivity contribution in [2.45, 2.75) is 39.2 Å². The molecule has 0 fully saturated rings. The van der Waals surface area contributed by atoms with Crippen molar-refractivity contribution in [3.8, 4) is 11.5 Å². The average molecular weight is 501 g/mol. The largest absolute Gasteiger partial charge is 0.502 e. The Balaban J connectivity index is 1.92. The van der Waals surface area contributed by atoms with Gasteiger partial charge in [-0.1, -0.05) is 19.1 Å². The summed E-state index contributed by atoms with van der Waals surface area (Å²) in [6.45, 7) is 5.65. The maximum atomic E-state index is 13.6. The van der Waals surface area contributed by atoms with Crippen LogP contribution in [0.15, 0.2) is 41.8 Å². The van der Waals surface area contributed by atoms with Crippen LogP contribution in [0.1, 0.15) is 59.0 Å². The summed E-state index contributed by atoms with van der Waals surface area (Å²) in [6, 6.07) is 3.88. The monoisotopic (exact) mass is 500 g/mol. The fourth-order valence-electron chi connectivity index (χ4n) is 3.67. The van der Waals surface area contributed by atoms with Gasteiger partial charge in [-0.05, 0) is 25.3 Å². The van der Waals surface area contributed by atoms with Crippen LogP contribution in [-0.4, -0.2) is 52.7 Å². The van der Waals surface area contributed by atoms with E-state index in [0.29, 0.717) is 31.4 Å². The van der Waals surface area contributed by atoms with Gasteiger partial charge in [0.05, 0.1) is 6.61 Å². The smallest absolute Gasteiger partial charge is 0.277 e. The molecule has 0 radical (unpaired) electrons. The van der Waals surface area contributed by atoms with Gasteiger partial charge >= 0.3 is 0 Å². The number of ether oxygens (including phenoxy) is 1. The third-order valence-corrected chi connectivity index (χ3v) is 5.58. The van der Waals surface area contributed by atoms with Gasteiger partial charge < -0.3 is 20.1 Å². The van der Waals surface area contributed by atoms with E-state index < -0.39 is 40.1 Å². The number of carbonyl (C=O) groups excluding carboxylic acids is 3. The molecular weight excluding hydrogens is 471 g/mol. The third kappa shape index (κ3) is 5.56. The SMILES string of the molecule is C=CCCCC(=O)N1CN(C)C(=O)c2c(O)c(=O)c(C(=O)NCc3ccc(F)cc3OCCC)cn21. The molecule has 0 atom stereocenters. The fourth-order valence-corrected chi connectivity index (χ4v) is 3.67. The zero-order valence-corrected chi connectivity index (χ0v) is 20.3. The molecule has 2 heterocycles. The van der Waals surface area contributed by atoms with E-state index in [-0.39, 0.29) is 31.3 Å². The van der Waals surface area contributed by atoms with Crippen LogP contribution >= 0.6 is 0 Å². The summed E-state index contributed by atoms with van der Waals surface area (Å²) in [6.07, 6.45) is 4.71.